The third-order valence-electron chi connectivity index (χ3n) is 4.14. The van der Waals surface area contributed by atoms with Crippen molar-refractivity contribution in [2.24, 2.45) is 12.8 Å². The Balaban J connectivity index is 2.09. The Morgan fingerprint density at radius 1 is 1.48 bits per heavy atom. The van der Waals surface area contributed by atoms with Crippen LogP contribution in [0.15, 0.2) is 16.1 Å². The minimum Gasteiger partial charge on any atom is -0.488 e. The Morgan fingerprint density at radius 2 is 2.15 bits per heavy atom. The van der Waals surface area contributed by atoms with Gasteiger partial charge in [0.05, 0.1) is 4.86 Å². The first kappa shape index (κ1) is 18.9. The third-order valence-corrected chi connectivity index (χ3v) is 5.92. The molecule has 0 spiro atoms. The van der Waals surface area contributed by atoms with Gasteiger partial charge in [-0.2, -0.15) is 0 Å². The molecule has 2 amide bonds. The quantitative estimate of drug-likeness (QED) is 0.129. The summed E-state index contributed by atoms with van der Waals surface area (Å²) in [5.74, 6) is -3.18. The number of amides is 2. The molecule has 0 saturated carbocycles. The first-order valence-electron chi connectivity index (χ1n) is 7.24. The molecule has 1 aromatic rings. The van der Waals surface area contributed by atoms with Crippen LogP contribution in [0, 0.1) is 0 Å². The maximum absolute atomic E-state index is 12.4. The van der Waals surface area contributed by atoms with Crippen molar-refractivity contribution in [2.75, 3.05) is 5.75 Å². The molecule has 27 heavy (non-hydrogen) atoms. The molecule has 5 N–H and O–H groups in total. The highest BCUT2D eigenvalue weighted by Gasteiger charge is 2.63. The van der Waals surface area contributed by atoms with E-state index in [2.05, 4.69) is 15.5 Å². The lowest BCUT2D eigenvalue weighted by Crippen LogP contribution is -2.83. The monoisotopic (exact) mass is 412 g/mol. The molecule has 1 saturated heterocycles. The number of aliphatic carboxylic acids is 1. The first-order valence-corrected chi connectivity index (χ1v) is 8.70. The molecular formula is C13H12N6O6S2. The number of carboxylic acid groups (broad SMARTS) is 1. The van der Waals surface area contributed by atoms with Crippen LogP contribution in [0.3, 0.4) is 0 Å². The first-order chi connectivity index (χ1) is 12.6. The van der Waals surface area contributed by atoms with Gasteiger partial charge in [-0.05, 0) is 0 Å². The van der Waals surface area contributed by atoms with E-state index in [-0.39, 0.29) is 28.4 Å². The number of nitrogens with two attached hydrogens (primary N) is 1. The molecule has 0 aliphatic carbocycles. The van der Waals surface area contributed by atoms with Gasteiger partial charge < -0.3 is 15.5 Å². The summed E-state index contributed by atoms with van der Waals surface area (Å²) in [7, 11) is 1.28. The molecule has 2 aliphatic heterocycles. The number of rotatable bonds is 5. The summed E-state index contributed by atoms with van der Waals surface area (Å²) in [6.45, 7) is 0. The van der Waals surface area contributed by atoms with Crippen molar-refractivity contribution in [3.8, 4) is 5.88 Å². The third kappa shape index (κ3) is 2.60. The van der Waals surface area contributed by atoms with E-state index in [0.29, 0.717) is 0 Å². The number of carbonyl (C=O) groups excluding carboxylic acids is 2. The number of β-lactam (4-membered cyclic amide) rings is 1. The molecule has 142 valence electrons. The van der Waals surface area contributed by atoms with Crippen molar-refractivity contribution in [3.05, 3.63) is 27.4 Å². The highest BCUT2D eigenvalue weighted by Crippen LogP contribution is 2.44. The number of hydrogen-bond acceptors (Lipinski definition) is 10. The second-order valence-corrected chi connectivity index (χ2v) is 7.12. The largest absolute Gasteiger partial charge is 0.488 e. The van der Waals surface area contributed by atoms with E-state index >= 15 is 0 Å². The van der Waals surface area contributed by atoms with E-state index in [0.717, 1.165) is 21.2 Å². The van der Waals surface area contributed by atoms with Crippen molar-refractivity contribution in [1.82, 2.24) is 25.0 Å². The maximum Gasteiger partial charge on any atom is 0.353 e. The fourth-order valence-corrected chi connectivity index (χ4v) is 4.59. The summed E-state index contributed by atoms with van der Waals surface area (Å²) in [6.07, 6.45) is 0.266. The van der Waals surface area contributed by atoms with Crippen LogP contribution in [0.2, 0.25) is 0 Å². The van der Waals surface area contributed by atoms with Crippen LogP contribution in [-0.2, 0) is 21.4 Å². The van der Waals surface area contributed by atoms with Gasteiger partial charge in [0.2, 0.25) is 12.1 Å². The van der Waals surface area contributed by atoms with Crippen LogP contribution in [0.4, 0.5) is 0 Å². The number of aromatic hydroxyl groups is 1. The van der Waals surface area contributed by atoms with Crippen molar-refractivity contribution < 1.29 is 24.6 Å². The number of fused-ring (bicyclic) bond motifs is 1. The molecule has 1 aromatic heterocycles. The zero-order valence-corrected chi connectivity index (χ0v) is 15.2. The van der Waals surface area contributed by atoms with Crippen LogP contribution in [0.25, 0.3) is 0 Å². The summed E-state index contributed by atoms with van der Waals surface area (Å²) in [5.41, 5.74) is 2.94. The van der Waals surface area contributed by atoms with Gasteiger partial charge in [0.1, 0.15) is 11.1 Å². The highest BCUT2D eigenvalue weighted by molar-refractivity contribution is 8.00. The summed E-state index contributed by atoms with van der Waals surface area (Å²) in [6, 6.07) is 0. The predicted octanol–water partition coefficient (Wildman–Crippen LogP) is -2.75. The number of carbonyl (C=O) groups is 3. The molecule has 1 fully saturated rings. The van der Waals surface area contributed by atoms with E-state index in [9.17, 15) is 29.4 Å². The highest BCUT2D eigenvalue weighted by atomic mass is 32.2. The minimum absolute atomic E-state index is 0.0329. The number of thioether (sulfide) groups is 1. The van der Waals surface area contributed by atoms with Crippen molar-refractivity contribution in [2.45, 2.75) is 11.0 Å². The number of aromatic nitrogens is 3. The fraction of sp³-hybridized carbons (Fsp3) is 0.308. The lowest BCUT2D eigenvalue weighted by atomic mass is 9.95. The number of hydrogen-bond donors (Lipinski definition) is 4. The van der Waals surface area contributed by atoms with Crippen LogP contribution in [0.1, 0.15) is 5.82 Å². The molecule has 0 bridgehead atoms. The molecule has 0 aromatic carbocycles. The van der Waals surface area contributed by atoms with E-state index < -0.39 is 40.0 Å². The topological polar surface area (TPSA) is 181 Å². The second-order valence-electron chi connectivity index (χ2n) is 5.64. The Bertz CT molecular complexity index is 990. The predicted molar refractivity (Wildman–Crippen MR) is 94.5 cm³/mol. The van der Waals surface area contributed by atoms with Crippen LogP contribution >= 0.6 is 24.0 Å². The van der Waals surface area contributed by atoms with Crippen LogP contribution < -0.4 is 16.6 Å². The van der Waals surface area contributed by atoms with E-state index in [1.807, 2.05) is 0 Å². The molecule has 0 radical (unpaired) electrons. The zero-order valence-electron chi connectivity index (χ0n) is 13.6. The second kappa shape index (κ2) is 6.40. The minimum atomic E-state index is -1.72. The number of nitrogens with zero attached hydrogens (tertiary/aromatic N) is 4. The van der Waals surface area contributed by atoms with E-state index in [1.54, 1.807) is 0 Å². The summed E-state index contributed by atoms with van der Waals surface area (Å²) in [5, 5.41) is 27.3. The van der Waals surface area contributed by atoms with Gasteiger partial charge in [-0.25, -0.2) is 4.79 Å². The molecule has 3 rings (SSSR count). The van der Waals surface area contributed by atoms with Crippen molar-refractivity contribution in [3.63, 3.8) is 0 Å². The molecule has 2 atom stereocenters. The van der Waals surface area contributed by atoms with Gasteiger partial charge in [0.25, 0.3) is 11.8 Å². The summed E-state index contributed by atoms with van der Waals surface area (Å²) >= 11 is 6.36. The van der Waals surface area contributed by atoms with Gasteiger partial charge in [-0.15, -0.1) is 22.0 Å². The van der Waals surface area contributed by atoms with Gasteiger partial charge in [0, 0.05) is 18.4 Å². The molecule has 12 nitrogen and oxygen atoms in total. The molecule has 2 aliphatic rings. The standard InChI is InChI=1S/C13H12N6O6S2/c1-18-7(16-17-8(21)9(18)22)6(26)4-2-27-12-13(14,15-3-20)11(25)19(12)5(4)10(23)24/h3,12H,2,14H2,1H3,(H,15,20)(H,17,21)(H,23,24)/t12-,13-/m0/s1. The molecule has 14 heteroatoms. The number of thiocarbonyl (C=S) groups is 1. The number of nitrogens with one attached hydrogen (secondary N) is 1. The Morgan fingerprint density at radius 3 is 2.74 bits per heavy atom. The SMILES string of the molecule is Cn1c(C(=S)C2=C(C(=O)O)N3C(=O)[C@](N)(NC=O)[C@@H]3SC2)nnc(O)c1=O. The maximum atomic E-state index is 12.4. The normalized spacial score (nSPS) is 24.1. The average Bonchev–Trinajstić information content (AvgIpc) is 2.64. The lowest BCUT2D eigenvalue weighted by Gasteiger charge is -2.54. The summed E-state index contributed by atoms with van der Waals surface area (Å²) < 4.78 is 0.924. The molecule has 0 unspecified atom stereocenters. The van der Waals surface area contributed by atoms with Gasteiger partial charge in [0.15, 0.2) is 5.82 Å². The van der Waals surface area contributed by atoms with Crippen LogP contribution in [0.5, 0.6) is 5.88 Å². The average molecular weight is 412 g/mol. The fourth-order valence-electron chi connectivity index (χ4n) is 2.77. The lowest BCUT2D eigenvalue weighted by molar-refractivity contribution is -0.157. The van der Waals surface area contributed by atoms with Gasteiger partial charge in [-0.1, -0.05) is 12.2 Å². The van der Waals surface area contributed by atoms with E-state index in [1.165, 1.54) is 7.05 Å². The molecular weight excluding hydrogens is 400 g/mol. The van der Waals surface area contributed by atoms with Gasteiger partial charge in [-0.3, -0.25) is 29.6 Å². The van der Waals surface area contributed by atoms with Crippen molar-refractivity contribution >= 4 is 47.1 Å². The zero-order chi connectivity index (χ0) is 20.1. The van der Waals surface area contributed by atoms with Gasteiger partial charge >= 0.3 is 11.5 Å². The Labute approximate surface area is 160 Å². The summed E-state index contributed by atoms with van der Waals surface area (Å²) in [4.78, 5) is 47.6. The van der Waals surface area contributed by atoms with E-state index in [4.69, 9.17) is 18.0 Å². The molecule has 3 heterocycles. The smallest absolute Gasteiger partial charge is 0.353 e. The Hall–Kier alpha value is -2.84. The number of carboxylic acids is 1. The Kier molecular flexibility index (Phi) is 4.49. The van der Waals surface area contributed by atoms with Crippen molar-refractivity contribution in [1.29, 1.82) is 0 Å². The van der Waals surface area contributed by atoms with Crippen LogP contribution in [-0.4, -0.2) is 69.8 Å².